The lowest BCUT2D eigenvalue weighted by Crippen LogP contribution is -2.42. The highest BCUT2D eigenvalue weighted by molar-refractivity contribution is 8.00. The van der Waals surface area contributed by atoms with Crippen molar-refractivity contribution in [1.29, 1.82) is 0 Å². The molecule has 1 saturated heterocycles. The van der Waals surface area contributed by atoms with Gasteiger partial charge in [-0.05, 0) is 60.6 Å². The monoisotopic (exact) mass is 461 g/mol. The molecule has 3 amide bonds. The Balaban J connectivity index is 1.65. The zero-order valence-electron chi connectivity index (χ0n) is 16.8. The smallest absolute Gasteiger partial charge is 0.391 e. The Morgan fingerprint density at radius 2 is 1.78 bits per heavy atom. The number of thioether (sulfide) groups is 1. The molecule has 0 bridgehead atoms. The van der Waals surface area contributed by atoms with Gasteiger partial charge in [0.2, 0.25) is 0 Å². The SMILES string of the molecule is CC(O)[C@@H]1C(=O)N(c2ccc(SC(F)(F)F)cc2)C(=O)N1Cc1ccnc2ccccc12. The van der Waals surface area contributed by atoms with Crippen molar-refractivity contribution in [1.82, 2.24) is 9.88 Å². The number of aliphatic hydroxyl groups is 1. The molecule has 166 valence electrons. The predicted octanol–water partition coefficient (Wildman–Crippen LogP) is 4.56. The van der Waals surface area contributed by atoms with E-state index in [0.29, 0.717) is 0 Å². The van der Waals surface area contributed by atoms with Crippen molar-refractivity contribution in [2.75, 3.05) is 4.90 Å². The minimum atomic E-state index is -4.44. The Hall–Kier alpha value is -3.11. The van der Waals surface area contributed by atoms with Crippen LogP contribution in [0.5, 0.6) is 0 Å². The number of halogens is 3. The molecule has 3 aromatic rings. The summed E-state index contributed by atoms with van der Waals surface area (Å²) in [7, 11) is 0. The molecule has 1 aromatic heterocycles. The van der Waals surface area contributed by atoms with Gasteiger partial charge in [0, 0.05) is 23.0 Å². The van der Waals surface area contributed by atoms with Gasteiger partial charge in [0.25, 0.3) is 5.91 Å². The van der Waals surface area contributed by atoms with E-state index in [2.05, 4.69) is 4.98 Å². The number of aliphatic hydroxyl groups excluding tert-OH is 1. The summed E-state index contributed by atoms with van der Waals surface area (Å²) in [4.78, 5) is 32.6. The van der Waals surface area contributed by atoms with Gasteiger partial charge >= 0.3 is 11.5 Å². The van der Waals surface area contributed by atoms with Crippen molar-refractivity contribution < 1.29 is 27.9 Å². The number of alkyl halides is 3. The van der Waals surface area contributed by atoms with Gasteiger partial charge in [0.15, 0.2) is 0 Å². The molecule has 1 aliphatic rings. The van der Waals surface area contributed by atoms with Crippen molar-refractivity contribution >= 4 is 40.3 Å². The van der Waals surface area contributed by atoms with E-state index in [1.807, 2.05) is 24.3 Å². The van der Waals surface area contributed by atoms with Gasteiger partial charge < -0.3 is 10.0 Å². The van der Waals surface area contributed by atoms with E-state index in [9.17, 15) is 27.9 Å². The van der Waals surface area contributed by atoms with Crippen LogP contribution in [0.25, 0.3) is 10.9 Å². The number of benzene rings is 2. The molecule has 4 rings (SSSR count). The predicted molar refractivity (Wildman–Crippen MR) is 114 cm³/mol. The zero-order chi connectivity index (χ0) is 23.0. The first-order valence-electron chi connectivity index (χ1n) is 9.67. The van der Waals surface area contributed by atoms with Crippen LogP contribution in [0.2, 0.25) is 0 Å². The summed E-state index contributed by atoms with van der Waals surface area (Å²) in [5.74, 6) is -0.639. The molecule has 0 aliphatic carbocycles. The minimum Gasteiger partial charge on any atom is -0.391 e. The molecule has 0 radical (unpaired) electrons. The number of anilines is 1. The van der Waals surface area contributed by atoms with Crippen molar-refractivity contribution in [3.63, 3.8) is 0 Å². The topological polar surface area (TPSA) is 73.7 Å². The van der Waals surface area contributed by atoms with E-state index < -0.39 is 29.6 Å². The maximum absolute atomic E-state index is 13.2. The van der Waals surface area contributed by atoms with Crippen molar-refractivity contribution in [3.8, 4) is 0 Å². The van der Waals surface area contributed by atoms with Crippen molar-refractivity contribution in [2.24, 2.45) is 0 Å². The number of rotatable bonds is 5. The van der Waals surface area contributed by atoms with E-state index in [-0.39, 0.29) is 28.9 Å². The number of carbonyl (C=O) groups excluding carboxylic acids is 2. The van der Waals surface area contributed by atoms with Crippen LogP contribution < -0.4 is 4.90 Å². The number of aromatic nitrogens is 1. The summed E-state index contributed by atoms with van der Waals surface area (Å²) >= 11 is -0.282. The third kappa shape index (κ3) is 4.28. The Bertz CT molecular complexity index is 1160. The van der Waals surface area contributed by atoms with Gasteiger partial charge in [0.1, 0.15) is 6.04 Å². The molecule has 0 spiro atoms. The highest BCUT2D eigenvalue weighted by Crippen LogP contribution is 2.38. The molecule has 2 heterocycles. The molecule has 2 atom stereocenters. The van der Waals surface area contributed by atoms with Gasteiger partial charge in [-0.1, -0.05) is 18.2 Å². The Labute approximate surface area is 185 Å². The minimum absolute atomic E-state index is 0.0572. The van der Waals surface area contributed by atoms with Crippen LogP contribution in [-0.2, 0) is 11.3 Å². The third-order valence-electron chi connectivity index (χ3n) is 5.11. The van der Waals surface area contributed by atoms with Crippen LogP contribution in [0, 0.1) is 0 Å². The Kier molecular flexibility index (Phi) is 5.83. The highest BCUT2D eigenvalue weighted by Gasteiger charge is 2.48. The number of nitrogens with zero attached hydrogens (tertiary/aromatic N) is 3. The van der Waals surface area contributed by atoms with E-state index in [1.165, 1.54) is 36.1 Å². The first kappa shape index (κ1) is 22.1. The number of fused-ring (bicyclic) bond motifs is 1. The van der Waals surface area contributed by atoms with Crippen LogP contribution in [0.4, 0.5) is 23.7 Å². The summed E-state index contributed by atoms with van der Waals surface area (Å²) in [5.41, 5.74) is -2.82. The fraction of sp³-hybridized carbons (Fsp3) is 0.227. The maximum Gasteiger partial charge on any atom is 0.446 e. The van der Waals surface area contributed by atoms with E-state index >= 15 is 0 Å². The number of urea groups is 1. The molecule has 1 aliphatic heterocycles. The van der Waals surface area contributed by atoms with Crippen LogP contribution >= 0.6 is 11.8 Å². The number of carbonyl (C=O) groups is 2. The molecule has 1 unspecified atom stereocenters. The van der Waals surface area contributed by atoms with Gasteiger partial charge in [-0.2, -0.15) is 13.2 Å². The van der Waals surface area contributed by atoms with Gasteiger partial charge in [-0.15, -0.1) is 0 Å². The summed E-state index contributed by atoms with van der Waals surface area (Å²) in [5, 5.41) is 11.1. The van der Waals surface area contributed by atoms with E-state index in [4.69, 9.17) is 0 Å². The van der Waals surface area contributed by atoms with E-state index in [0.717, 1.165) is 21.4 Å². The molecular weight excluding hydrogens is 443 g/mol. The average molecular weight is 461 g/mol. The average Bonchev–Trinajstić information content (AvgIpc) is 2.97. The number of amides is 3. The molecule has 6 nitrogen and oxygen atoms in total. The van der Waals surface area contributed by atoms with Crippen molar-refractivity contribution in [3.05, 3.63) is 66.4 Å². The van der Waals surface area contributed by atoms with Crippen LogP contribution in [-0.4, -0.2) is 44.6 Å². The molecule has 1 N–H and O–H groups in total. The second-order valence-corrected chi connectivity index (χ2v) is 8.44. The second kappa shape index (κ2) is 8.44. The zero-order valence-corrected chi connectivity index (χ0v) is 17.6. The number of hydrogen-bond donors (Lipinski definition) is 1. The van der Waals surface area contributed by atoms with Crippen LogP contribution in [0.1, 0.15) is 12.5 Å². The van der Waals surface area contributed by atoms with Gasteiger partial charge in [-0.25, -0.2) is 9.69 Å². The standard InChI is InChI=1S/C22H18F3N3O3S/c1-13(29)19-20(30)28(15-6-8-16(9-7-15)32-22(23,24)25)21(31)27(19)12-14-10-11-26-18-5-3-2-4-17(14)18/h2-11,13,19,29H,12H2,1H3/t13?,19-/m1/s1. The summed E-state index contributed by atoms with van der Waals surface area (Å²) in [6.07, 6.45) is 0.455. The van der Waals surface area contributed by atoms with Crippen LogP contribution in [0.15, 0.2) is 65.7 Å². The summed E-state index contributed by atoms with van der Waals surface area (Å²) in [6.45, 7) is 1.47. The second-order valence-electron chi connectivity index (χ2n) is 7.30. The largest absolute Gasteiger partial charge is 0.446 e. The molecule has 10 heteroatoms. The lowest BCUT2D eigenvalue weighted by molar-refractivity contribution is -0.122. The van der Waals surface area contributed by atoms with Gasteiger partial charge in [0.05, 0.1) is 17.3 Å². The highest BCUT2D eigenvalue weighted by atomic mass is 32.2. The Morgan fingerprint density at radius 3 is 2.44 bits per heavy atom. The quantitative estimate of drug-likeness (QED) is 0.445. The fourth-order valence-electron chi connectivity index (χ4n) is 3.75. The summed E-state index contributed by atoms with van der Waals surface area (Å²) < 4.78 is 37.7. The number of imide groups is 1. The molecular formula is C22H18F3N3O3S. The number of pyridine rings is 1. The van der Waals surface area contributed by atoms with Gasteiger partial charge in [-0.3, -0.25) is 9.78 Å². The van der Waals surface area contributed by atoms with E-state index in [1.54, 1.807) is 12.3 Å². The number of para-hydroxylation sites is 1. The maximum atomic E-state index is 13.2. The molecule has 1 fully saturated rings. The first-order valence-corrected chi connectivity index (χ1v) is 10.5. The Morgan fingerprint density at radius 1 is 1.09 bits per heavy atom. The third-order valence-corrected chi connectivity index (χ3v) is 5.85. The summed E-state index contributed by atoms with van der Waals surface area (Å²) in [6, 6.07) is 12.3. The molecule has 0 saturated carbocycles. The lowest BCUT2D eigenvalue weighted by atomic mass is 10.1. The number of hydrogen-bond acceptors (Lipinski definition) is 5. The van der Waals surface area contributed by atoms with Crippen LogP contribution in [0.3, 0.4) is 0 Å². The fourth-order valence-corrected chi connectivity index (χ4v) is 4.29. The normalized spacial score (nSPS) is 18.0. The lowest BCUT2D eigenvalue weighted by Gasteiger charge is -2.24. The van der Waals surface area contributed by atoms with Crippen molar-refractivity contribution in [2.45, 2.75) is 36.0 Å². The first-order chi connectivity index (χ1) is 15.2. The molecule has 32 heavy (non-hydrogen) atoms. The molecule has 2 aromatic carbocycles.